The molecule has 1 N–H and O–H groups in total. The lowest BCUT2D eigenvalue weighted by atomic mass is 9.92. The van der Waals surface area contributed by atoms with Gasteiger partial charge >= 0.3 is 0 Å². The zero-order valence-electron chi connectivity index (χ0n) is 18.9. The number of aromatic nitrogens is 2. The van der Waals surface area contributed by atoms with Gasteiger partial charge in [0, 0.05) is 25.0 Å². The summed E-state index contributed by atoms with van der Waals surface area (Å²) in [5.74, 6) is 1.45. The lowest BCUT2D eigenvalue weighted by Gasteiger charge is -2.30. The third kappa shape index (κ3) is 5.67. The minimum Gasteiger partial charge on any atom is -0.490 e. The van der Waals surface area contributed by atoms with Crippen molar-refractivity contribution in [2.24, 2.45) is 5.92 Å². The number of aldehydes is 1. The van der Waals surface area contributed by atoms with Gasteiger partial charge in [0.05, 0.1) is 30.1 Å². The van der Waals surface area contributed by atoms with Gasteiger partial charge in [0.2, 0.25) is 0 Å². The fraction of sp³-hybridized carbons (Fsp3) is 0.480. The van der Waals surface area contributed by atoms with E-state index in [2.05, 4.69) is 26.3 Å². The lowest BCUT2D eigenvalue weighted by Crippen LogP contribution is -2.40. The van der Waals surface area contributed by atoms with E-state index in [0.29, 0.717) is 11.3 Å². The third-order valence-corrected chi connectivity index (χ3v) is 6.56. The highest BCUT2D eigenvalue weighted by Gasteiger charge is 2.25. The average Bonchev–Trinajstić information content (AvgIpc) is 2.85. The molecule has 8 nitrogen and oxygen atoms in total. The summed E-state index contributed by atoms with van der Waals surface area (Å²) < 4.78 is 6.09. The van der Waals surface area contributed by atoms with Gasteiger partial charge < -0.3 is 19.7 Å². The van der Waals surface area contributed by atoms with Gasteiger partial charge in [-0.3, -0.25) is 4.79 Å². The molecule has 172 valence electrons. The normalized spacial score (nSPS) is 21.2. The van der Waals surface area contributed by atoms with E-state index in [1.807, 2.05) is 19.1 Å². The smallest absolute Gasteiger partial charge is 0.271 e. The number of carbonyl (C=O) groups excluding carboxylic acids is 2. The summed E-state index contributed by atoms with van der Waals surface area (Å²) in [7, 11) is 0. The number of benzene rings is 1. The van der Waals surface area contributed by atoms with Crippen LogP contribution in [0.15, 0.2) is 30.6 Å². The molecule has 1 aromatic heterocycles. The minimum atomic E-state index is -0.208. The molecule has 1 saturated carbocycles. The van der Waals surface area contributed by atoms with Gasteiger partial charge in [-0.15, -0.1) is 0 Å². The van der Waals surface area contributed by atoms with E-state index in [1.165, 1.54) is 6.20 Å². The summed E-state index contributed by atoms with van der Waals surface area (Å²) in [5.41, 5.74) is 1.88. The van der Waals surface area contributed by atoms with Gasteiger partial charge in [-0.05, 0) is 69.2 Å². The minimum absolute atomic E-state index is 0.0869. The van der Waals surface area contributed by atoms with Crippen molar-refractivity contribution in [3.8, 4) is 11.8 Å². The predicted molar refractivity (Wildman–Crippen MR) is 123 cm³/mol. The van der Waals surface area contributed by atoms with Crippen LogP contribution in [0.4, 0.5) is 5.82 Å². The van der Waals surface area contributed by atoms with Gasteiger partial charge in [0.25, 0.3) is 5.91 Å². The molecule has 4 rings (SSSR count). The lowest BCUT2D eigenvalue weighted by molar-refractivity contribution is -0.111. The molecule has 0 spiro atoms. The Kier molecular flexibility index (Phi) is 7.18. The number of ether oxygens (including phenoxy) is 1. The molecule has 1 amide bonds. The molecule has 1 saturated heterocycles. The highest BCUT2D eigenvalue weighted by molar-refractivity contribution is 5.92. The van der Waals surface area contributed by atoms with E-state index in [-0.39, 0.29) is 24.0 Å². The van der Waals surface area contributed by atoms with Crippen molar-refractivity contribution < 1.29 is 14.3 Å². The maximum atomic E-state index is 12.6. The molecule has 2 aromatic rings. The third-order valence-electron chi connectivity index (χ3n) is 6.56. The molecule has 2 aliphatic rings. The SMILES string of the molecule is Cc1cc(O[C@H]2CC[C@H](NC(=O)c3cnc(N4CCC(C=O)CC4)cn3)CC2)ccc1C#N. The fourth-order valence-electron chi connectivity index (χ4n) is 4.48. The number of anilines is 1. The van der Waals surface area contributed by atoms with Gasteiger partial charge in [0.15, 0.2) is 0 Å². The monoisotopic (exact) mass is 447 g/mol. The van der Waals surface area contributed by atoms with E-state index in [9.17, 15) is 9.59 Å². The van der Waals surface area contributed by atoms with E-state index in [4.69, 9.17) is 10.00 Å². The molecule has 1 aliphatic heterocycles. The van der Waals surface area contributed by atoms with Crippen LogP contribution in [-0.2, 0) is 4.79 Å². The zero-order valence-corrected chi connectivity index (χ0v) is 18.9. The number of carbonyl (C=O) groups is 2. The quantitative estimate of drug-likeness (QED) is 0.678. The second-order valence-corrected chi connectivity index (χ2v) is 8.87. The number of amides is 1. The van der Waals surface area contributed by atoms with E-state index in [1.54, 1.807) is 12.3 Å². The second-order valence-electron chi connectivity index (χ2n) is 8.87. The van der Waals surface area contributed by atoms with Gasteiger partial charge in [-0.1, -0.05) is 0 Å². The largest absolute Gasteiger partial charge is 0.490 e. The van der Waals surface area contributed by atoms with Crippen molar-refractivity contribution >= 4 is 18.0 Å². The Morgan fingerprint density at radius 2 is 1.91 bits per heavy atom. The molecule has 8 heteroatoms. The van der Waals surface area contributed by atoms with Crippen LogP contribution in [0, 0.1) is 24.2 Å². The van der Waals surface area contributed by atoms with Crippen LogP contribution in [0.5, 0.6) is 5.75 Å². The van der Waals surface area contributed by atoms with Crippen LogP contribution in [0.25, 0.3) is 0 Å². The fourth-order valence-corrected chi connectivity index (χ4v) is 4.48. The summed E-state index contributed by atoms with van der Waals surface area (Å²) in [6, 6.07) is 7.78. The van der Waals surface area contributed by atoms with Crippen molar-refractivity contribution in [3.05, 3.63) is 47.4 Å². The van der Waals surface area contributed by atoms with Gasteiger partial charge in [-0.25, -0.2) is 9.97 Å². The standard InChI is InChI=1S/C25H29N5O3/c1-17-12-22(5-2-19(17)13-26)33-21-6-3-20(4-7-21)29-25(32)23-14-28-24(15-27-23)30-10-8-18(16-31)9-11-30/h2,5,12,14-16,18,20-21H,3-4,6-11H2,1H3,(H,29,32)/t20-,21-. The number of nitriles is 1. The number of rotatable bonds is 6. The summed E-state index contributed by atoms with van der Waals surface area (Å²) >= 11 is 0. The molecular formula is C25H29N5O3. The Balaban J connectivity index is 1.24. The highest BCUT2D eigenvalue weighted by atomic mass is 16.5. The van der Waals surface area contributed by atoms with Crippen LogP contribution < -0.4 is 15.0 Å². The number of nitrogens with zero attached hydrogens (tertiary/aromatic N) is 4. The second kappa shape index (κ2) is 10.4. The first-order chi connectivity index (χ1) is 16.1. The number of hydrogen-bond donors (Lipinski definition) is 1. The number of aryl methyl sites for hydroxylation is 1. The van der Waals surface area contributed by atoms with E-state index >= 15 is 0 Å². The summed E-state index contributed by atoms with van der Waals surface area (Å²) in [5, 5.41) is 12.1. The average molecular weight is 448 g/mol. The first kappa shape index (κ1) is 22.7. The Labute approximate surface area is 194 Å². The molecule has 1 aliphatic carbocycles. The van der Waals surface area contributed by atoms with Crippen molar-refractivity contribution in [3.63, 3.8) is 0 Å². The summed E-state index contributed by atoms with van der Waals surface area (Å²) in [4.78, 5) is 34.4. The molecule has 0 atom stereocenters. The summed E-state index contributed by atoms with van der Waals surface area (Å²) in [6.07, 6.45) is 9.33. The van der Waals surface area contributed by atoms with Crippen LogP contribution in [-0.4, -0.2) is 47.4 Å². The van der Waals surface area contributed by atoms with Gasteiger partial charge in [0.1, 0.15) is 23.5 Å². The van der Waals surface area contributed by atoms with Gasteiger partial charge in [-0.2, -0.15) is 5.26 Å². The molecule has 0 unspecified atom stereocenters. The molecule has 0 radical (unpaired) electrons. The number of nitrogens with one attached hydrogen (secondary N) is 1. The maximum absolute atomic E-state index is 12.6. The number of hydrogen-bond acceptors (Lipinski definition) is 7. The van der Waals surface area contributed by atoms with Crippen LogP contribution in [0.1, 0.15) is 60.1 Å². The Morgan fingerprint density at radius 3 is 2.52 bits per heavy atom. The Bertz CT molecular complexity index is 1020. The predicted octanol–water partition coefficient (Wildman–Crippen LogP) is 3.19. The van der Waals surface area contributed by atoms with Crippen molar-refractivity contribution in [2.45, 2.75) is 57.6 Å². The molecule has 33 heavy (non-hydrogen) atoms. The Morgan fingerprint density at radius 1 is 1.15 bits per heavy atom. The van der Waals surface area contributed by atoms with E-state index in [0.717, 1.165) is 75.0 Å². The molecule has 2 fully saturated rings. The Hall–Kier alpha value is -3.47. The van der Waals surface area contributed by atoms with Crippen molar-refractivity contribution in [2.75, 3.05) is 18.0 Å². The topological polar surface area (TPSA) is 108 Å². The number of piperidine rings is 1. The zero-order chi connectivity index (χ0) is 23.2. The molecule has 1 aromatic carbocycles. The molecular weight excluding hydrogens is 418 g/mol. The first-order valence-corrected chi connectivity index (χ1v) is 11.6. The van der Waals surface area contributed by atoms with Crippen molar-refractivity contribution in [1.29, 1.82) is 5.26 Å². The van der Waals surface area contributed by atoms with Crippen LogP contribution in [0.2, 0.25) is 0 Å². The first-order valence-electron chi connectivity index (χ1n) is 11.6. The molecule has 0 bridgehead atoms. The highest BCUT2D eigenvalue weighted by Crippen LogP contribution is 2.26. The maximum Gasteiger partial charge on any atom is 0.271 e. The van der Waals surface area contributed by atoms with Crippen molar-refractivity contribution in [1.82, 2.24) is 15.3 Å². The van der Waals surface area contributed by atoms with E-state index < -0.39 is 0 Å². The molecule has 2 heterocycles. The van der Waals surface area contributed by atoms with Crippen LogP contribution in [0.3, 0.4) is 0 Å². The summed E-state index contributed by atoms with van der Waals surface area (Å²) in [6.45, 7) is 3.46. The van der Waals surface area contributed by atoms with Crippen LogP contribution >= 0.6 is 0 Å².